The van der Waals surface area contributed by atoms with Crippen molar-refractivity contribution in [3.63, 3.8) is 0 Å². The summed E-state index contributed by atoms with van der Waals surface area (Å²) in [5.74, 6) is -0.925. The molecule has 0 aromatic heterocycles. The maximum absolute atomic E-state index is 13.3. The lowest BCUT2D eigenvalue weighted by atomic mass is 10.2. The third-order valence-electron chi connectivity index (χ3n) is 2.64. The third kappa shape index (κ3) is 4.72. The summed E-state index contributed by atoms with van der Waals surface area (Å²) in [5, 5.41) is 3.82. The summed E-state index contributed by atoms with van der Waals surface area (Å²) in [6.07, 6.45) is 1.54. The number of halogens is 1. The monoisotopic (exact) mass is 286 g/mol. The third-order valence-corrected chi connectivity index (χ3v) is 2.64. The molecule has 108 valence electrons. The summed E-state index contributed by atoms with van der Waals surface area (Å²) in [6, 6.07) is 13.6. The van der Waals surface area contributed by atoms with Gasteiger partial charge in [0, 0.05) is 0 Å². The van der Waals surface area contributed by atoms with Crippen LogP contribution in [0.25, 0.3) is 0 Å². The Labute approximate surface area is 122 Å². The number of para-hydroxylation sites is 1. The molecule has 1 amide bonds. The van der Waals surface area contributed by atoms with Crippen LogP contribution in [-0.2, 0) is 4.79 Å². The minimum Gasteiger partial charge on any atom is -0.481 e. The summed E-state index contributed by atoms with van der Waals surface area (Å²) in [4.78, 5) is 11.5. The largest absolute Gasteiger partial charge is 0.481 e. The predicted octanol–water partition coefficient (Wildman–Crippen LogP) is 2.66. The maximum Gasteiger partial charge on any atom is 0.277 e. The number of ether oxygens (including phenoxy) is 1. The van der Waals surface area contributed by atoms with Crippen LogP contribution in [0.2, 0.25) is 0 Å². The zero-order chi connectivity index (χ0) is 15.1. The molecule has 2 rings (SSSR count). The fourth-order valence-corrected chi connectivity index (χ4v) is 1.67. The Morgan fingerprint density at radius 3 is 2.86 bits per heavy atom. The molecule has 0 fully saturated rings. The molecule has 0 bridgehead atoms. The van der Waals surface area contributed by atoms with Gasteiger partial charge >= 0.3 is 0 Å². The highest BCUT2D eigenvalue weighted by atomic mass is 19.1. The van der Waals surface area contributed by atoms with E-state index in [1.54, 1.807) is 12.1 Å². The Kier molecular flexibility index (Phi) is 5.04. The van der Waals surface area contributed by atoms with Crippen molar-refractivity contribution in [1.82, 2.24) is 5.43 Å². The molecule has 0 aliphatic rings. The number of hydrazone groups is 1. The quantitative estimate of drug-likeness (QED) is 0.678. The molecule has 0 atom stereocenters. The fraction of sp³-hybridized carbons (Fsp3) is 0.125. The highest BCUT2D eigenvalue weighted by molar-refractivity contribution is 5.83. The summed E-state index contributed by atoms with van der Waals surface area (Å²) in [6.45, 7) is 1.67. The minimum absolute atomic E-state index is 0.0373. The van der Waals surface area contributed by atoms with E-state index in [4.69, 9.17) is 4.74 Å². The van der Waals surface area contributed by atoms with E-state index in [2.05, 4.69) is 10.5 Å². The molecular formula is C16H15FN2O2. The molecule has 2 aromatic carbocycles. The van der Waals surface area contributed by atoms with E-state index in [0.717, 1.165) is 11.1 Å². The second-order valence-corrected chi connectivity index (χ2v) is 4.43. The molecule has 21 heavy (non-hydrogen) atoms. The van der Waals surface area contributed by atoms with Crippen LogP contribution in [-0.4, -0.2) is 18.7 Å². The van der Waals surface area contributed by atoms with Crippen molar-refractivity contribution < 1.29 is 13.9 Å². The highest BCUT2D eigenvalue weighted by Crippen LogP contribution is 2.14. The summed E-state index contributed by atoms with van der Waals surface area (Å²) in [7, 11) is 0. The first-order valence-electron chi connectivity index (χ1n) is 6.41. The van der Waals surface area contributed by atoms with Gasteiger partial charge in [-0.1, -0.05) is 42.0 Å². The van der Waals surface area contributed by atoms with Crippen molar-refractivity contribution >= 4 is 12.1 Å². The highest BCUT2D eigenvalue weighted by Gasteiger charge is 2.04. The standard InChI is InChI=1S/C16H15FN2O2/c1-12-5-4-6-13(9-12)10-18-19-16(20)11-21-15-8-3-2-7-14(15)17/h2-10H,11H2,1H3,(H,19,20)/b18-10-. The van der Waals surface area contributed by atoms with Crippen molar-refractivity contribution in [2.24, 2.45) is 5.10 Å². The van der Waals surface area contributed by atoms with Crippen LogP contribution < -0.4 is 10.2 Å². The van der Waals surface area contributed by atoms with Gasteiger partial charge in [0.25, 0.3) is 5.91 Å². The lowest BCUT2D eigenvalue weighted by molar-refractivity contribution is -0.123. The summed E-state index contributed by atoms with van der Waals surface area (Å²) in [5.41, 5.74) is 4.31. The Morgan fingerprint density at radius 2 is 2.10 bits per heavy atom. The maximum atomic E-state index is 13.3. The van der Waals surface area contributed by atoms with Gasteiger partial charge in [0.15, 0.2) is 18.2 Å². The molecule has 0 aliphatic heterocycles. The van der Waals surface area contributed by atoms with Gasteiger partial charge in [0.1, 0.15) is 0 Å². The normalized spacial score (nSPS) is 10.6. The van der Waals surface area contributed by atoms with Crippen LogP contribution in [0.15, 0.2) is 53.6 Å². The van der Waals surface area contributed by atoms with Gasteiger partial charge in [0.05, 0.1) is 6.21 Å². The number of benzene rings is 2. The zero-order valence-electron chi connectivity index (χ0n) is 11.5. The average Bonchev–Trinajstić information content (AvgIpc) is 2.46. The number of hydrogen-bond donors (Lipinski definition) is 1. The molecular weight excluding hydrogens is 271 g/mol. The predicted molar refractivity (Wildman–Crippen MR) is 78.8 cm³/mol. The molecule has 0 spiro atoms. The molecule has 1 N–H and O–H groups in total. The smallest absolute Gasteiger partial charge is 0.277 e. The minimum atomic E-state index is -0.506. The first-order chi connectivity index (χ1) is 10.1. The summed E-state index contributed by atoms with van der Waals surface area (Å²) >= 11 is 0. The van der Waals surface area contributed by atoms with Crippen LogP contribution in [0.1, 0.15) is 11.1 Å². The van der Waals surface area contributed by atoms with Gasteiger partial charge in [-0.3, -0.25) is 4.79 Å². The number of hydrogen-bond acceptors (Lipinski definition) is 3. The van der Waals surface area contributed by atoms with Crippen LogP contribution >= 0.6 is 0 Å². The molecule has 0 radical (unpaired) electrons. The average molecular weight is 286 g/mol. The number of carbonyl (C=O) groups excluding carboxylic acids is 1. The van der Waals surface area contributed by atoms with E-state index in [0.29, 0.717) is 0 Å². The van der Waals surface area contributed by atoms with Crippen molar-refractivity contribution in [2.45, 2.75) is 6.92 Å². The lowest BCUT2D eigenvalue weighted by Gasteiger charge is -2.05. The van der Waals surface area contributed by atoms with Crippen molar-refractivity contribution in [3.8, 4) is 5.75 Å². The number of nitrogens with one attached hydrogen (secondary N) is 1. The van der Waals surface area contributed by atoms with E-state index in [-0.39, 0.29) is 12.4 Å². The number of amides is 1. The number of rotatable bonds is 5. The lowest BCUT2D eigenvalue weighted by Crippen LogP contribution is -2.24. The van der Waals surface area contributed by atoms with Crippen molar-refractivity contribution in [2.75, 3.05) is 6.61 Å². The first kappa shape index (κ1) is 14.7. The molecule has 0 heterocycles. The number of nitrogens with zero attached hydrogens (tertiary/aromatic N) is 1. The SMILES string of the molecule is Cc1cccc(/C=N\NC(=O)COc2ccccc2F)c1. The van der Waals surface area contributed by atoms with Crippen LogP contribution in [0, 0.1) is 12.7 Å². The Morgan fingerprint density at radius 1 is 1.29 bits per heavy atom. The van der Waals surface area contributed by atoms with Gasteiger partial charge in [-0.2, -0.15) is 5.10 Å². The molecule has 0 aliphatic carbocycles. The van der Waals surface area contributed by atoms with Crippen molar-refractivity contribution in [3.05, 3.63) is 65.5 Å². The van der Waals surface area contributed by atoms with Crippen LogP contribution in [0.5, 0.6) is 5.75 Å². The fourth-order valence-electron chi connectivity index (χ4n) is 1.67. The molecule has 2 aromatic rings. The second kappa shape index (κ2) is 7.19. The Balaban J connectivity index is 1.81. The van der Waals surface area contributed by atoms with Crippen LogP contribution in [0.4, 0.5) is 4.39 Å². The number of carbonyl (C=O) groups is 1. The van der Waals surface area contributed by atoms with E-state index < -0.39 is 11.7 Å². The van der Waals surface area contributed by atoms with Crippen LogP contribution in [0.3, 0.4) is 0 Å². The van der Waals surface area contributed by atoms with Gasteiger partial charge in [-0.05, 0) is 24.6 Å². The zero-order valence-corrected chi connectivity index (χ0v) is 11.5. The molecule has 0 saturated carbocycles. The second-order valence-electron chi connectivity index (χ2n) is 4.43. The topological polar surface area (TPSA) is 50.7 Å². The van der Waals surface area contributed by atoms with E-state index in [9.17, 15) is 9.18 Å². The molecule has 4 nitrogen and oxygen atoms in total. The van der Waals surface area contributed by atoms with E-state index in [1.807, 2.05) is 31.2 Å². The number of aryl methyl sites for hydroxylation is 1. The first-order valence-corrected chi connectivity index (χ1v) is 6.41. The Bertz CT molecular complexity index is 656. The van der Waals surface area contributed by atoms with E-state index >= 15 is 0 Å². The van der Waals surface area contributed by atoms with E-state index in [1.165, 1.54) is 18.3 Å². The summed E-state index contributed by atoms with van der Waals surface area (Å²) < 4.78 is 18.3. The Hall–Kier alpha value is -2.69. The van der Waals surface area contributed by atoms with Gasteiger partial charge in [-0.25, -0.2) is 9.82 Å². The molecule has 5 heteroatoms. The van der Waals surface area contributed by atoms with Gasteiger partial charge in [0.2, 0.25) is 0 Å². The molecule has 0 unspecified atom stereocenters. The van der Waals surface area contributed by atoms with Crippen molar-refractivity contribution in [1.29, 1.82) is 0 Å². The molecule has 0 saturated heterocycles. The van der Waals surface area contributed by atoms with Gasteiger partial charge in [-0.15, -0.1) is 0 Å². The van der Waals surface area contributed by atoms with Gasteiger partial charge < -0.3 is 4.74 Å².